The first-order valence-electron chi connectivity index (χ1n) is 13.4. The Kier molecular flexibility index (Phi) is 5.37. The fourth-order valence-corrected chi connectivity index (χ4v) is 7.64. The van der Waals surface area contributed by atoms with Crippen LogP contribution in [0, 0.1) is 18.8 Å². The zero-order chi connectivity index (χ0) is 25.0. The Morgan fingerprint density at radius 2 is 1.89 bits per heavy atom. The molecule has 2 unspecified atom stereocenters. The molecule has 4 fully saturated rings. The number of aromatic nitrogens is 4. The molecule has 4 aliphatic carbocycles. The van der Waals surface area contributed by atoms with Crippen molar-refractivity contribution in [2.24, 2.45) is 11.8 Å². The third-order valence-electron chi connectivity index (χ3n) is 8.84. The maximum absolute atomic E-state index is 11.1. The lowest BCUT2D eigenvalue weighted by Gasteiger charge is -2.60. The largest absolute Gasteiger partial charge is 0.486 e. The SMILES string of the molecule is Cc1c(/C=C/n2nnnc2CNC23CC4CC(CC(O)(C4)C2)C3)cccc1-c1ccc2c(c1)OCCO2. The quantitative estimate of drug-likeness (QED) is 0.524. The lowest BCUT2D eigenvalue weighted by molar-refractivity contribution is -0.142. The van der Waals surface area contributed by atoms with E-state index >= 15 is 0 Å². The van der Waals surface area contributed by atoms with Gasteiger partial charge in [-0.2, -0.15) is 0 Å². The van der Waals surface area contributed by atoms with Crippen LogP contribution in [-0.2, 0) is 6.54 Å². The van der Waals surface area contributed by atoms with Crippen LogP contribution in [0.5, 0.6) is 11.5 Å². The Hall–Kier alpha value is -3.23. The van der Waals surface area contributed by atoms with E-state index < -0.39 is 5.60 Å². The molecule has 5 aliphatic rings. The molecule has 2 atom stereocenters. The van der Waals surface area contributed by atoms with Crippen molar-refractivity contribution in [1.29, 1.82) is 0 Å². The molecule has 1 aliphatic heterocycles. The molecular weight excluding hydrogens is 466 g/mol. The number of hydrogen-bond donors (Lipinski definition) is 2. The highest BCUT2D eigenvalue weighted by atomic mass is 16.6. The maximum atomic E-state index is 11.1. The first-order chi connectivity index (χ1) is 18.0. The molecule has 37 heavy (non-hydrogen) atoms. The summed E-state index contributed by atoms with van der Waals surface area (Å²) in [6, 6.07) is 12.4. The highest BCUT2D eigenvalue weighted by Gasteiger charge is 2.57. The molecule has 8 nitrogen and oxygen atoms in total. The van der Waals surface area contributed by atoms with E-state index in [1.807, 2.05) is 12.3 Å². The first-order valence-corrected chi connectivity index (χ1v) is 13.4. The van der Waals surface area contributed by atoms with Crippen LogP contribution < -0.4 is 14.8 Å². The van der Waals surface area contributed by atoms with Crippen molar-refractivity contribution in [2.45, 2.75) is 63.1 Å². The highest BCUT2D eigenvalue weighted by Crippen LogP contribution is 2.57. The van der Waals surface area contributed by atoms with Crippen molar-refractivity contribution < 1.29 is 14.6 Å². The molecule has 0 radical (unpaired) electrons. The minimum absolute atomic E-state index is 0.00781. The standard InChI is InChI=1S/C29H33N5O3/c1-19-22(3-2-4-24(19)23-5-6-25-26(12-23)37-10-9-36-25)7-8-34-27(31-32-33-34)17-30-28-13-20-11-21(14-28)16-29(35,15-20)18-28/h2-8,12,20-21,30,35H,9-11,13-18H2,1H3/b8-7+. The third kappa shape index (κ3) is 4.22. The van der Waals surface area contributed by atoms with Crippen molar-refractivity contribution in [1.82, 2.24) is 25.5 Å². The van der Waals surface area contributed by atoms with Gasteiger partial charge in [0.25, 0.3) is 0 Å². The number of nitrogens with one attached hydrogen (secondary N) is 1. The first kappa shape index (κ1) is 22.9. The summed E-state index contributed by atoms with van der Waals surface area (Å²) in [6.45, 7) is 3.88. The molecule has 0 spiro atoms. The van der Waals surface area contributed by atoms with Gasteiger partial charge in [0.1, 0.15) is 13.2 Å². The van der Waals surface area contributed by atoms with Gasteiger partial charge in [0.15, 0.2) is 17.3 Å². The van der Waals surface area contributed by atoms with Crippen molar-refractivity contribution in [3.63, 3.8) is 0 Å². The van der Waals surface area contributed by atoms with E-state index in [2.05, 4.69) is 64.2 Å². The summed E-state index contributed by atoms with van der Waals surface area (Å²) in [5, 5.41) is 27.3. The van der Waals surface area contributed by atoms with E-state index in [4.69, 9.17) is 9.47 Å². The lowest BCUT2D eigenvalue weighted by atomic mass is 9.51. The monoisotopic (exact) mass is 499 g/mol. The molecule has 1 aromatic heterocycles. The summed E-state index contributed by atoms with van der Waals surface area (Å²) >= 11 is 0. The molecular formula is C29H33N5O3. The Balaban J connectivity index is 1.09. The van der Waals surface area contributed by atoms with Gasteiger partial charge in [-0.05, 0) is 108 Å². The van der Waals surface area contributed by atoms with Crippen LogP contribution in [0.25, 0.3) is 23.4 Å². The number of fused-ring (bicyclic) bond motifs is 1. The molecule has 2 N–H and O–H groups in total. The molecule has 4 saturated carbocycles. The summed E-state index contributed by atoms with van der Waals surface area (Å²) in [5.74, 6) is 3.64. The average molecular weight is 500 g/mol. The molecule has 0 amide bonds. The average Bonchev–Trinajstić information content (AvgIpc) is 3.33. The van der Waals surface area contributed by atoms with Crippen LogP contribution >= 0.6 is 0 Å². The number of benzene rings is 2. The highest BCUT2D eigenvalue weighted by molar-refractivity contribution is 5.76. The Morgan fingerprint density at radius 1 is 1.08 bits per heavy atom. The van der Waals surface area contributed by atoms with Gasteiger partial charge < -0.3 is 19.9 Å². The minimum Gasteiger partial charge on any atom is -0.486 e. The predicted molar refractivity (Wildman–Crippen MR) is 140 cm³/mol. The van der Waals surface area contributed by atoms with Gasteiger partial charge in [0.2, 0.25) is 0 Å². The van der Waals surface area contributed by atoms with Gasteiger partial charge in [-0.3, -0.25) is 0 Å². The van der Waals surface area contributed by atoms with Crippen molar-refractivity contribution in [3.8, 4) is 22.6 Å². The van der Waals surface area contributed by atoms with E-state index in [0.29, 0.717) is 31.6 Å². The zero-order valence-electron chi connectivity index (χ0n) is 21.2. The van der Waals surface area contributed by atoms with Crippen molar-refractivity contribution >= 4 is 12.3 Å². The van der Waals surface area contributed by atoms with Crippen LogP contribution in [-0.4, -0.2) is 49.7 Å². The summed E-state index contributed by atoms with van der Waals surface area (Å²) < 4.78 is 13.2. The normalized spacial score (nSPS) is 29.8. The van der Waals surface area contributed by atoms with Crippen molar-refractivity contribution in [2.75, 3.05) is 13.2 Å². The molecule has 192 valence electrons. The number of tetrazole rings is 1. The number of hydrogen-bond acceptors (Lipinski definition) is 7. The Morgan fingerprint density at radius 3 is 2.70 bits per heavy atom. The van der Waals surface area contributed by atoms with Gasteiger partial charge >= 0.3 is 0 Å². The third-order valence-corrected chi connectivity index (χ3v) is 8.84. The van der Waals surface area contributed by atoms with Crippen LogP contribution in [0.4, 0.5) is 0 Å². The molecule has 8 rings (SSSR count). The number of nitrogens with zero attached hydrogens (tertiary/aromatic N) is 4. The Bertz CT molecular complexity index is 1350. The molecule has 2 aromatic carbocycles. The summed E-state index contributed by atoms with van der Waals surface area (Å²) in [5.41, 5.74) is 4.05. The summed E-state index contributed by atoms with van der Waals surface area (Å²) in [7, 11) is 0. The predicted octanol–water partition coefficient (Wildman–Crippen LogP) is 4.22. The van der Waals surface area contributed by atoms with E-state index in [-0.39, 0.29) is 5.54 Å². The molecule has 0 saturated heterocycles. The minimum atomic E-state index is -0.483. The number of ether oxygens (including phenoxy) is 2. The van der Waals surface area contributed by atoms with E-state index in [9.17, 15) is 5.11 Å². The zero-order valence-corrected chi connectivity index (χ0v) is 21.2. The van der Waals surface area contributed by atoms with E-state index in [1.165, 1.54) is 12.0 Å². The van der Waals surface area contributed by atoms with Gasteiger partial charge in [-0.25, -0.2) is 4.68 Å². The van der Waals surface area contributed by atoms with Crippen LogP contribution in [0.15, 0.2) is 36.4 Å². The maximum Gasteiger partial charge on any atom is 0.169 e. The second kappa shape index (κ2) is 8.67. The molecule has 2 heterocycles. The smallest absolute Gasteiger partial charge is 0.169 e. The van der Waals surface area contributed by atoms with Gasteiger partial charge in [0.05, 0.1) is 12.1 Å². The molecule has 4 bridgehead atoms. The molecule has 8 heteroatoms. The van der Waals surface area contributed by atoms with Gasteiger partial charge in [-0.1, -0.05) is 24.3 Å². The van der Waals surface area contributed by atoms with Crippen LogP contribution in [0.3, 0.4) is 0 Å². The summed E-state index contributed by atoms with van der Waals surface area (Å²) in [4.78, 5) is 0. The van der Waals surface area contributed by atoms with Crippen LogP contribution in [0.1, 0.15) is 55.5 Å². The topological polar surface area (TPSA) is 94.3 Å². The van der Waals surface area contributed by atoms with Gasteiger partial charge in [0, 0.05) is 11.7 Å². The van der Waals surface area contributed by atoms with Gasteiger partial charge in [-0.15, -0.1) is 5.10 Å². The van der Waals surface area contributed by atoms with Crippen molar-refractivity contribution in [3.05, 3.63) is 53.3 Å². The second-order valence-corrected chi connectivity index (χ2v) is 11.6. The second-order valence-electron chi connectivity index (χ2n) is 11.6. The molecule has 3 aromatic rings. The van der Waals surface area contributed by atoms with E-state index in [0.717, 1.165) is 66.1 Å². The number of aliphatic hydroxyl groups is 1. The Labute approximate surface area is 216 Å². The lowest BCUT2D eigenvalue weighted by Crippen LogP contribution is -2.64. The number of rotatable bonds is 6. The fourth-order valence-electron chi connectivity index (χ4n) is 7.64. The fraction of sp³-hybridized carbons (Fsp3) is 0.483. The summed E-state index contributed by atoms with van der Waals surface area (Å²) in [6.07, 6.45) is 10.3. The van der Waals surface area contributed by atoms with E-state index in [1.54, 1.807) is 4.68 Å². The van der Waals surface area contributed by atoms with Crippen LogP contribution in [0.2, 0.25) is 0 Å².